The van der Waals surface area contributed by atoms with Gasteiger partial charge in [-0.25, -0.2) is 0 Å². The summed E-state index contributed by atoms with van der Waals surface area (Å²) in [6.07, 6.45) is 0. The fourth-order valence-electron chi connectivity index (χ4n) is 2.31. The van der Waals surface area contributed by atoms with E-state index in [9.17, 15) is 9.59 Å². The van der Waals surface area contributed by atoms with Gasteiger partial charge in [-0.15, -0.1) is 0 Å². The van der Waals surface area contributed by atoms with Crippen LogP contribution in [0.15, 0.2) is 24.3 Å². The number of amides is 2. The van der Waals surface area contributed by atoms with E-state index < -0.39 is 17.0 Å². The van der Waals surface area contributed by atoms with Crippen molar-refractivity contribution in [3.05, 3.63) is 24.3 Å². The molecule has 2 amide bonds. The molecule has 1 aliphatic rings. The fourth-order valence-corrected chi connectivity index (χ4v) is 2.31. The quantitative estimate of drug-likeness (QED) is 0.849. The van der Waals surface area contributed by atoms with Crippen LogP contribution < -0.4 is 15.0 Å². The molecule has 1 atom stereocenters. The first-order valence-corrected chi connectivity index (χ1v) is 7.11. The van der Waals surface area contributed by atoms with E-state index in [2.05, 4.69) is 5.32 Å². The van der Waals surface area contributed by atoms with Crippen LogP contribution in [0.3, 0.4) is 0 Å². The molecular weight excluding hydrogens is 268 g/mol. The molecular formula is C16H22N2O3. The van der Waals surface area contributed by atoms with Crippen LogP contribution in [0.5, 0.6) is 5.75 Å². The molecule has 21 heavy (non-hydrogen) atoms. The third-order valence-corrected chi connectivity index (χ3v) is 3.36. The lowest BCUT2D eigenvalue weighted by atomic mass is 9.98. The van der Waals surface area contributed by atoms with E-state index >= 15 is 0 Å². The molecule has 0 radical (unpaired) electrons. The number of fused-ring (bicyclic) bond motifs is 1. The molecule has 1 aliphatic heterocycles. The Labute approximate surface area is 125 Å². The lowest BCUT2D eigenvalue weighted by Crippen LogP contribution is -2.64. The highest BCUT2D eigenvalue weighted by molar-refractivity contribution is 6.16. The van der Waals surface area contributed by atoms with Gasteiger partial charge in [0.15, 0.2) is 0 Å². The average molecular weight is 290 g/mol. The molecule has 0 aromatic heterocycles. The van der Waals surface area contributed by atoms with Gasteiger partial charge in [-0.3, -0.25) is 9.59 Å². The first kappa shape index (κ1) is 15.4. The molecule has 1 unspecified atom stereocenters. The maximum absolute atomic E-state index is 12.7. The highest BCUT2D eigenvalue weighted by Gasteiger charge is 2.50. The van der Waals surface area contributed by atoms with Crippen molar-refractivity contribution in [1.82, 2.24) is 5.32 Å². The van der Waals surface area contributed by atoms with Crippen LogP contribution in [0.4, 0.5) is 5.69 Å². The molecule has 5 nitrogen and oxygen atoms in total. The minimum atomic E-state index is -1.54. The molecule has 1 aromatic rings. The number of para-hydroxylation sites is 2. The number of ether oxygens (including phenoxy) is 1. The van der Waals surface area contributed by atoms with Crippen LogP contribution in [0.1, 0.15) is 34.6 Å². The number of likely N-dealkylation sites (N-methyl/N-ethyl adjacent to an activating group) is 1. The summed E-state index contributed by atoms with van der Waals surface area (Å²) in [5, 5.41) is 2.82. The van der Waals surface area contributed by atoms with Gasteiger partial charge in [0.25, 0.3) is 17.4 Å². The van der Waals surface area contributed by atoms with Crippen molar-refractivity contribution in [2.45, 2.75) is 45.8 Å². The molecule has 2 rings (SSSR count). The van der Waals surface area contributed by atoms with Crippen LogP contribution in [0, 0.1) is 0 Å². The van der Waals surface area contributed by atoms with Crippen molar-refractivity contribution in [3.8, 4) is 5.75 Å². The molecule has 5 heteroatoms. The summed E-state index contributed by atoms with van der Waals surface area (Å²) >= 11 is 0. The number of rotatable bonds is 2. The predicted molar refractivity (Wildman–Crippen MR) is 81.4 cm³/mol. The summed E-state index contributed by atoms with van der Waals surface area (Å²) in [6, 6.07) is 7.26. The highest BCUT2D eigenvalue weighted by Crippen LogP contribution is 2.37. The van der Waals surface area contributed by atoms with E-state index in [1.165, 1.54) is 6.92 Å². The number of anilines is 1. The van der Waals surface area contributed by atoms with Crippen LogP contribution in [-0.4, -0.2) is 29.5 Å². The van der Waals surface area contributed by atoms with Crippen molar-refractivity contribution in [3.63, 3.8) is 0 Å². The number of nitrogens with zero attached hydrogens (tertiary/aromatic N) is 1. The molecule has 1 aromatic carbocycles. The van der Waals surface area contributed by atoms with Gasteiger partial charge in [0.2, 0.25) is 0 Å². The number of benzene rings is 1. The molecule has 114 valence electrons. The highest BCUT2D eigenvalue weighted by atomic mass is 16.5. The van der Waals surface area contributed by atoms with E-state index in [0.717, 1.165) is 0 Å². The summed E-state index contributed by atoms with van der Waals surface area (Å²) in [4.78, 5) is 26.8. The van der Waals surface area contributed by atoms with E-state index in [1.54, 1.807) is 11.0 Å². The molecule has 0 fully saturated rings. The smallest absolute Gasteiger partial charge is 0.280 e. The molecule has 1 N–H and O–H groups in total. The number of hydrogen-bond acceptors (Lipinski definition) is 3. The lowest BCUT2D eigenvalue weighted by molar-refractivity contribution is -0.149. The second-order valence-corrected chi connectivity index (χ2v) is 6.36. The van der Waals surface area contributed by atoms with Crippen molar-refractivity contribution >= 4 is 17.5 Å². The molecule has 0 bridgehead atoms. The van der Waals surface area contributed by atoms with E-state index in [4.69, 9.17) is 4.74 Å². The second kappa shape index (κ2) is 5.06. The van der Waals surface area contributed by atoms with Gasteiger partial charge < -0.3 is 15.0 Å². The number of carbonyl (C=O) groups is 2. The predicted octanol–water partition coefficient (Wildman–Crippen LogP) is 2.11. The van der Waals surface area contributed by atoms with Gasteiger partial charge in [-0.2, -0.15) is 0 Å². The Kier molecular flexibility index (Phi) is 3.70. The van der Waals surface area contributed by atoms with Crippen molar-refractivity contribution in [1.29, 1.82) is 0 Å². The largest absolute Gasteiger partial charge is 0.466 e. The zero-order valence-electron chi connectivity index (χ0n) is 13.2. The fraction of sp³-hybridized carbons (Fsp3) is 0.500. The Morgan fingerprint density at radius 2 is 1.95 bits per heavy atom. The van der Waals surface area contributed by atoms with Crippen molar-refractivity contribution < 1.29 is 14.3 Å². The Hall–Kier alpha value is -2.04. The SMILES string of the molecule is CCN1C(=O)C(C)(C(=O)NC(C)(C)C)Oc2ccccc21. The number of hydrogen-bond donors (Lipinski definition) is 1. The maximum Gasteiger partial charge on any atom is 0.280 e. The van der Waals surface area contributed by atoms with Crippen LogP contribution in [0.2, 0.25) is 0 Å². The summed E-state index contributed by atoms with van der Waals surface area (Å²) in [5.41, 5.74) is -1.28. The Morgan fingerprint density at radius 1 is 1.33 bits per heavy atom. The number of carbonyl (C=O) groups excluding carboxylic acids is 2. The Morgan fingerprint density at radius 3 is 2.52 bits per heavy atom. The first-order chi connectivity index (χ1) is 9.69. The van der Waals surface area contributed by atoms with E-state index in [0.29, 0.717) is 18.0 Å². The van der Waals surface area contributed by atoms with Gasteiger partial charge in [0.05, 0.1) is 5.69 Å². The lowest BCUT2D eigenvalue weighted by Gasteiger charge is -2.40. The summed E-state index contributed by atoms with van der Waals surface area (Å²) in [5.74, 6) is -0.219. The van der Waals surface area contributed by atoms with Gasteiger partial charge in [0.1, 0.15) is 5.75 Å². The van der Waals surface area contributed by atoms with Crippen molar-refractivity contribution in [2.75, 3.05) is 11.4 Å². The molecule has 0 aliphatic carbocycles. The molecule has 1 heterocycles. The van der Waals surface area contributed by atoms with Crippen LogP contribution in [-0.2, 0) is 9.59 Å². The number of nitrogens with one attached hydrogen (secondary N) is 1. The summed E-state index contributed by atoms with van der Waals surface area (Å²) in [6.45, 7) is 9.49. The minimum absolute atomic E-state index is 0.342. The Balaban J connectivity index is 2.42. The van der Waals surface area contributed by atoms with Gasteiger partial charge in [-0.1, -0.05) is 12.1 Å². The minimum Gasteiger partial charge on any atom is -0.466 e. The molecule has 0 saturated heterocycles. The normalized spacial score (nSPS) is 21.6. The second-order valence-electron chi connectivity index (χ2n) is 6.36. The average Bonchev–Trinajstić information content (AvgIpc) is 2.38. The monoisotopic (exact) mass is 290 g/mol. The van der Waals surface area contributed by atoms with Gasteiger partial charge in [0, 0.05) is 12.1 Å². The van der Waals surface area contributed by atoms with Crippen molar-refractivity contribution in [2.24, 2.45) is 0 Å². The summed E-state index contributed by atoms with van der Waals surface area (Å²) in [7, 11) is 0. The standard InChI is InChI=1S/C16H22N2O3/c1-6-18-11-9-7-8-10-12(11)21-16(5,14(18)20)13(19)17-15(2,3)4/h7-10H,6H2,1-5H3,(H,17,19). The van der Waals surface area contributed by atoms with Crippen LogP contribution in [0.25, 0.3) is 0 Å². The van der Waals surface area contributed by atoms with Gasteiger partial charge >= 0.3 is 0 Å². The zero-order valence-corrected chi connectivity index (χ0v) is 13.2. The molecule has 0 spiro atoms. The molecule has 0 saturated carbocycles. The summed E-state index contributed by atoms with van der Waals surface area (Å²) < 4.78 is 5.77. The van der Waals surface area contributed by atoms with Crippen LogP contribution >= 0.6 is 0 Å². The zero-order chi connectivity index (χ0) is 15.8. The van der Waals surface area contributed by atoms with E-state index in [1.807, 2.05) is 45.9 Å². The third-order valence-electron chi connectivity index (χ3n) is 3.36. The van der Waals surface area contributed by atoms with Gasteiger partial charge in [-0.05, 0) is 46.8 Å². The third kappa shape index (κ3) is 2.73. The Bertz CT molecular complexity index is 577. The maximum atomic E-state index is 12.7. The van der Waals surface area contributed by atoms with E-state index in [-0.39, 0.29) is 5.91 Å². The first-order valence-electron chi connectivity index (χ1n) is 7.11. The topological polar surface area (TPSA) is 58.6 Å².